The molecule has 4 rings (SSSR count). The van der Waals surface area contributed by atoms with Crippen molar-refractivity contribution in [2.75, 3.05) is 11.9 Å². The van der Waals surface area contributed by atoms with Crippen LogP contribution in [0.1, 0.15) is 21.9 Å². The number of halogens is 1. The van der Waals surface area contributed by atoms with E-state index in [-0.39, 0.29) is 11.5 Å². The molecule has 3 heterocycles. The predicted molar refractivity (Wildman–Crippen MR) is 99.3 cm³/mol. The van der Waals surface area contributed by atoms with Crippen molar-refractivity contribution in [3.8, 4) is 0 Å². The summed E-state index contributed by atoms with van der Waals surface area (Å²) >= 11 is 0. The number of fused-ring (bicyclic) bond motifs is 1. The van der Waals surface area contributed by atoms with Gasteiger partial charge < -0.3 is 15.1 Å². The van der Waals surface area contributed by atoms with E-state index in [0.29, 0.717) is 36.8 Å². The molecule has 0 aliphatic carbocycles. The van der Waals surface area contributed by atoms with Crippen molar-refractivity contribution in [3.63, 3.8) is 0 Å². The first-order chi connectivity index (χ1) is 13.7. The molecule has 4 aromatic rings. The summed E-state index contributed by atoms with van der Waals surface area (Å²) in [5.74, 6) is 1.26. The van der Waals surface area contributed by atoms with E-state index in [4.69, 9.17) is 4.42 Å². The number of carbonyl (C=O) groups excluding carboxylic acids is 1. The van der Waals surface area contributed by atoms with Gasteiger partial charge in [-0.3, -0.25) is 4.79 Å². The highest BCUT2D eigenvalue weighted by Gasteiger charge is 2.10. The van der Waals surface area contributed by atoms with Gasteiger partial charge in [-0.05, 0) is 42.5 Å². The maximum atomic E-state index is 13.2. The fourth-order valence-corrected chi connectivity index (χ4v) is 2.69. The summed E-state index contributed by atoms with van der Waals surface area (Å²) in [4.78, 5) is 12.1. The van der Waals surface area contributed by atoms with E-state index in [1.54, 1.807) is 22.9 Å². The number of hydrogen-bond acceptors (Lipinski definition) is 6. The highest BCUT2D eigenvalue weighted by molar-refractivity contribution is 5.94. The van der Waals surface area contributed by atoms with Gasteiger partial charge in [0.15, 0.2) is 11.5 Å². The molecule has 0 unspecified atom stereocenters. The second kappa shape index (κ2) is 7.87. The first-order valence-electron chi connectivity index (χ1n) is 8.70. The third-order valence-corrected chi connectivity index (χ3v) is 4.07. The van der Waals surface area contributed by atoms with Crippen LogP contribution in [0.2, 0.25) is 0 Å². The molecular formula is C19H17FN6O2. The number of nitrogens with zero attached hydrogens (tertiary/aromatic N) is 4. The maximum absolute atomic E-state index is 13.2. The molecule has 8 nitrogen and oxygen atoms in total. The fraction of sp³-hybridized carbons (Fsp3) is 0.158. The van der Waals surface area contributed by atoms with Crippen LogP contribution in [0, 0.1) is 5.82 Å². The van der Waals surface area contributed by atoms with Crippen LogP contribution in [0.15, 0.2) is 59.2 Å². The van der Waals surface area contributed by atoms with Crippen molar-refractivity contribution in [1.29, 1.82) is 0 Å². The molecule has 0 aliphatic heterocycles. The number of benzene rings is 1. The molecule has 0 saturated carbocycles. The second-order valence-corrected chi connectivity index (χ2v) is 6.05. The number of carbonyl (C=O) groups is 1. The lowest BCUT2D eigenvalue weighted by atomic mass is 10.2. The summed E-state index contributed by atoms with van der Waals surface area (Å²) in [6.45, 7) is 0.828. The van der Waals surface area contributed by atoms with E-state index in [9.17, 15) is 9.18 Å². The summed E-state index contributed by atoms with van der Waals surface area (Å²) in [5.41, 5.74) is 0.878. The normalized spacial score (nSPS) is 10.9. The van der Waals surface area contributed by atoms with E-state index in [2.05, 4.69) is 25.9 Å². The third-order valence-electron chi connectivity index (χ3n) is 4.07. The number of aromatic nitrogens is 4. The van der Waals surface area contributed by atoms with Gasteiger partial charge in [0.25, 0.3) is 5.91 Å². The number of furan rings is 1. The summed E-state index contributed by atoms with van der Waals surface area (Å²) in [5, 5.41) is 18.6. The minimum atomic E-state index is -0.449. The molecule has 0 radical (unpaired) electrons. The summed E-state index contributed by atoms with van der Waals surface area (Å²) in [6.07, 6.45) is 2.04. The number of rotatable bonds is 7. The predicted octanol–water partition coefficient (Wildman–Crippen LogP) is 2.44. The summed E-state index contributed by atoms with van der Waals surface area (Å²) < 4.78 is 20.1. The molecular weight excluding hydrogens is 363 g/mol. The molecule has 0 spiro atoms. The van der Waals surface area contributed by atoms with E-state index in [1.165, 1.54) is 18.2 Å². The van der Waals surface area contributed by atoms with Gasteiger partial charge in [0.1, 0.15) is 17.4 Å². The van der Waals surface area contributed by atoms with E-state index in [1.807, 2.05) is 18.2 Å². The third kappa shape index (κ3) is 3.98. The van der Waals surface area contributed by atoms with Crippen molar-refractivity contribution >= 4 is 17.4 Å². The van der Waals surface area contributed by atoms with E-state index >= 15 is 0 Å². The fourth-order valence-electron chi connectivity index (χ4n) is 2.69. The monoisotopic (exact) mass is 380 g/mol. The van der Waals surface area contributed by atoms with Crippen LogP contribution in [0.4, 0.5) is 10.2 Å². The lowest BCUT2D eigenvalue weighted by Gasteiger charge is -2.06. The van der Waals surface area contributed by atoms with Crippen LogP contribution >= 0.6 is 0 Å². The molecule has 2 N–H and O–H groups in total. The average Bonchev–Trinajstić information content (AvgIpc) is 3.36. The first kappa shape index (κ1) is 17.7. The van der Waals surface area contributed by atoms with Gasteiger partial charge in [-0.15, -0.1) is 15.3 Å². The largest absolute Gasteiger partial charge is 0.467 e. The SMILES string of the molecule is O=C(NCCc1nnc2ccc(NCc3ccco3)nn12)c1cccc(F)c1. The van der Waals surface area contributed by atoms with Gasteiger partial charge >= 0.3 is 0 Å². The van der Waals surface area contributed by atoms with Crippen molar-refractivity contribution in [2.45, 2.75) is 13.0 Å². The number of nitrogens with one attached hydrogen (secondary N) is 2. The molecule has 0 bridgehead atoms. The van der Waals surface area contributed by atoms with Crippen molar-refractivity contribution in [1.82, 2.24) is 25.1 Å². The van der Waals surface area contributed by atoms with Gasteiger partial charge in [-0.2, -0.15) is 4.52 Å². The Labute approximate surface area is 159 Å². The topological polar surface area (TPSA) is 97.3 Å². The Morgan fingerprint density at radius 2 is 2.07 bits per heavy atom. The van der Waals surface area contributed by atoms with Crippen LogP contribution in [-0.4, -0.2) is 32.3 Å². The Bertz CT molecular complexity index is 1090. The number of amides is 1. The smallest absolute Gasteiger partial charge is 0.251 e. The van der Waals surface area contributed by atoms with Crippen molar-refractivity contribution in [3.05, 3.63) is 77.8 Å². The zero-order chi connectivity index (χ0) is 19.3. The zero-order valence-corrected chi connectivity index (χ0v) is 14.8. The van der Waals surface area contributed by atoms with Gasteiger partial charge in [0, 0.05) is 18.5 Å². The van der Waals surface area contributed by atoms with Gasteiger partial charge in [0.2, 0.25) is 0 Å². The van der Waals surface area contributed by atoms with E-state index < -0.39 is 5.82 Å². The Hall–Kier alpha value is -3.75. The Balaban J connectivity index is 1.39. The molecule has 0 aliphatic rings. The van der Waals surface area contributed by atoms with E-state index in [0.717, 1.165) is 5.76 Å². The Morgan fingerprint density at radius 1 is 1.14 bits per heavy atom. The molecule has 0 saturated heterocycles. The molecule has 3 aromatic heterocycles. The van der Waals surface area contributed by atoms with Gasteiger partial charge in [0.05, 0.1) is 12.8 Å². The highest BCUT2D eigenvalue weighted by Crippen LogP contribution is 2.10. The molecule has 9 heteroatoms. The quantitative estimate of drug-likeness (QED) is 0.511. The minimum Gasteiger partial charge on any atom is -0.467 e. The van der Waals surface area contributed by atoms with Crippen LogP contribution < -0.4 is 10.6 Å². The standard InChI is InChI=1S/C19H17FN6O2/c20-14-4-1-3-13(11-14)19(27)21-9-8-18-24-23-17-7-6-16(25-26(17)18)22-12-15-5-2-10-28-15/h1-7,10-11H,8-9,12H2,(H,21,27)(H,22,25). The van der Waals surface area contributed by atoms with Crippen LogP contribution in [0.5, 0.6) is 0 Å². The second-order valence-electron chi connectivity index (χ2n) is 6.05. The average molecular weight is 380 g/mol. The highest BCUT2D eigenvalue weighted by atomic mass is 19.1. The van der Waals surface area contributed by atoms with Crippen LogP contribution in [0.25, 0.3) is 5.65 Å². The van der Waals surface area contributed by atoms with Crippen molar-refractivity contribution < 1.29 is 13.6 Å². The number of anilines is 1. The van der Waals surface area contributed by atoms with Crippen molar-refractivity contribution in [2.24, 2.45) is 0 Å². The molecule has 142 valence electrons. The molecule has 1 amide bonds. The maximum Gasteiger partial charge on any atom is 0.251 e. The van der Waals surface area contributed by atoms with Crippen LogP contribution in [-0.2, 0) is 13.0 Å². The number of hydrogen-bond donors (Lipinski definition) is 2. The lowest BCUT2D eigenvalue weighted by molar-refractivity contribution is 0.0953. The Morgan fingerprint density at radius 3 is 2.89 bits per heavy atom. The lowest BCUT2D eigenvalue weighted by Crippen LogP contribution is -2.26. The molecule has 1 aromatic carbocycles. The van der Waals surface area contributed by atoms with Crippen LogP contribution in [0.3, 0.4) is 0 Å². The summed E-state index contributed by atoms with van der Waals surface area (Å²) in [6, 6.07) is 12.9. The van der Waals surface area contributed by atoms with Gasteiger partial charge in [-0.25, -0.2) is 4.39 Å². The summed E-state index contributed by atoms with van der Waals surface area (Å²) in [7, 11) is 0. The Kier molecular flexibility index (Phi) is 4.96. The molecule has 28 heavy (non-hydrogen) atoms. The first-order valence-corrected chi connectivity index (χ1v) is 8.70. The minimum absolute atomic E-state index is 0.272. The molecule has 0 atom stereocenters. The zero-order valence-electron chi connectivity index (χ0n) is 14.8. The molecule has 0 fully saturated rings. The van der Waals surface area contributed by atoms with Gasteiger partial charge in [-0.1, -0.05) is 6.07 Å².